The number of aliphatic hydroxyl groups excluding tert-OH is 1. The Morgan fingerprint density at radius 3 is 2.89 bits per heavy atom. The molecule has 104 valence electrons. The van der Waals surface area contributed by atoms with Gasteiger partial charge in [0.1, 0.15) is 17.7 Å². The van der Waals surface area contributed by atoms with Gasteiger partial charge in [0.05, 0.1) is 11.4 Å². The number of hydrogen-bond acceptors (Lipinski definition) is 4. The van der Waals surface area contributed by atoms with Crippen LogP contribution >= 0.6 is 11.8 Å². The molecule has 1 aliphatic rings. The molecular weight excluding hydrogens is 276 g/mol. The van der Waals surface area contributed by atoms with Gasteiger partial charge in [-0.2, -0.15) is 0 Å². The van der Waals surface area contributed by atoms with Crippen molar-refractivity contribution in [2.24, 2.45) is 5.73 Å². The minimum atomic E-state index is -0.999. The Kier molecular flexibility index (Phi) is 4.26. The first-order valence-corrected chi connectivity index (χ1v) is 6.73. The number of amides is 1. The van der Waals surface area contributed by atoms with Crippen LogP contribution in [0.15, 0.2) is 18.2 Å². The number of benzene rings is 1. The molecule has 0 bridgehead atoms. The van der Waals surface area contributed by atoms with Crippen LogP contribution in [-0.4, -0.2) is 29.2 Å². The summed E-state index contributed by atoms with van der Waals surface area (Å²) in [6.45, 7) is 0. The first-order chi connectivity index (χ1) is 8.97. The van der Waals surface area contributed by atoms with Gasteiger partial charge in [0, 0.05) is 17.7 Å². The summed E-state index contributed by atoms with van der Waals surface area (Å²) in [5, 5.41) is 8.98. The van der Waals surface area contributed by atoms with Crippen LogP contribution < -0.4 is 5.73 Å². The van der Waals surface area contributed by atoms with Gasteiger partial charge < -0.3 is 15.6 Å². The molecule has 1 aliphatic heterocycles. The van der Waals surface area contributed by atoms with Crippen molar-refractivity contribution in [2.75, 3.05) is 5.75 Å². The fraction of sp³-hybridized carbons (Fsp3) is 0.417. The lowest BCUT2D eigenvalue weighted by Crippen LogP contribution is -2.36. The lowest BCUT2D eigenvalue weighted by atomic mass is 10.0. The van der Waals surface area contributed by atoms with Crippen molar-refractivity contribution in [3.63, 3.8) is 0 Å². The fourth-order valence-corrected chi connectivity index (χ4v) is 3.37. The minimum absolute atomic E-state index is 0.114. The van der Waals surface area contributed by atoms with E-state index in [2.05, 4.69) is 0 Å². The number of hydrogen-bond donors (Lipinski definition) is 2. The topological polar surface area (TPSA) is 72.6 Å². The molecule has 0 aliphatic carbocycles. The highest BCUT2D eigenvalue weighted by atomic mass is 32.2. The van der Waals surface area contributed by atoms with Gasteiger partial charge in [-0.15, -0.1) is 11.8 Å². The van der Waals surface area contributed by atoms with E-state index in [4.69, 9.17) is 10.5 Å². The third kappa shape index (κ3) is 3.36. The zero-order chi connectivity index (χ0) is 14.0. The summed E-state index contributed by atoms with van der Waals surface area (Å²) in [4.78, 5) is 10.8. The highest BCUT2D eigenvalue weighted by Gasteiger charge is 2.35. The standard InChI is InChI=1S/C12H13F2NO3S/c13-6-1-2-9(14)8(3-6)11-10(18-12(15)17)4-7(16)5-19-11/h1-3,7,10-11,16H,4-5H2,(H2,15,17)/t7?,10-,11+/m0/s1. The Bertz CT molecular complexity index is 486. The van der Waals surface area contributed by atoms with Gasteiger partial charge in [-0.3, -0.25) is 0 Å². The number of ether oxygens (including phenoxy) is 1. The summed E-state index contributed by atoms with van der Waals surface area (Å²) in [6.07, 6.45) is -2.29. The molecule has 7 heteroatoms. The number of primary amides is 1. The Morgan fingerprint density at radius 1 is 1.47 bits per heavy atom. The number of aliphatic hydroxyl groups is 1. The molecule has 3 N–H and O–H groups in total. The third-order valence-corrected chi connectivity index (χ3v) is 4.34. The second kappa shape index (κ2) is 5.75. The highest BCUT2D eigenvalue weighted by Crippen LogP contribution is 2.41. The monoisotopic (exact) mass is 289 g/mol. The lowest BCUT2D eigenvalue weighted by molar-refractivity contribution is 0.0591. The number of rotatable bonds is 2. The lowest BCUT2D eigenvalue weighted by Gasteiger charge is -2.33. The molecule has 3 atom stereocenters. The van der Waals surface area contributed by atoms with E-state index < -0.39 is 35.2 Å². The van der Waals surface area contributed by atoms with Gasteiger partial charge in [0.2, 0.25) is 0 Å². The van der Waals surface area contributed by atoms with Crippen molar-refractivity contribution >= 4 is 17.9 Å². The van der Waals surface area contributed by atoms with Crippen LogP contribution in [0.4, 0.5) is 13.6 Å². The van der Waals surface area contributed by atoms with E-state index >= 15 is 0 Å². The van der Waals surface area contributed by atoms with Crippen molar-refractivity contribution in [1.82, 2.24) is 0 Å². The molecule has 1 heterocycles. The smallest absolute Gasteiger partial charge is 0.404 e. The van der Waals surface area contributed by atoms with Crippen molar-refractivity contribution in [3.05, 3.63) is 35.4 Å². The molecule has 19 heavy (non-hydrogen) atoms. The summed E-state index contributed by atoms with van der Waals surface area (Å²) in [7, 11) is 0. The first-order valence-electron chi connectivity index (χ1n) is 5.68. The predicted octanol–water partition coefficient (Wildman–Crippen LogP) is 1.97. The summed E-state index contributed by atoms with van der Waals surface area (Å²) in [5.74, 6) is -0.784. The average molecular weight is 289 g/mol. The van der Waals surface area contributed by atoms with E-state index in [0.717, 1.165) is 18.2 Å². The maximum absolute atomic E-state index is 13.7. The van der Waals surface area contributed by atoms with Gasteiger partial charge in [-0.25, -0.2) is 13.6 Å². The van der Waals surface area contributed by atoms with Crippen molar-refractivity contribution in [1.29, 1.82) is 0 Å². The van der Waals surface area contributed by atoms with Crippen molar-refractivity contribution in [2.45, 2.75) is 23.9 Å². The normalized spacial score (nSPS) is 27.0. The van der Waals surface area contributed by atoms with Crippen LogP contribution in [0.25, 0.3) is 0 Å². The molecule has 4 nitrogen and oxygen atoms in total. The predicted molar refractivity (Wildman–Crippen MR) is 66.6 cm³/mol. The van der Waals surface area contributed by atoms with Gasteiger partial charge >= 0.3 is 6.09 Å². The molecular formula is C12H13F2NO3S. The first kappa shape index (κ1) is 14.1. The van der Waals surface area contributed by atoms with Crippen LogP contribution in [0.3, 0.4) is 0 Å². The van der Waals surface area contributed by atoms with E-state index in [1.807, 2.05) is 0 Å². The van der Waals surface area contributed by atoms with E-state index in [1.165, 1.54) is 11.8 Å². The van der Waals surface area contributed by atoms with Crippen LogP contribution in [0.1, 0.15) is 17.2 Å². The molecule has 1 amide bonds. The summed E-state index contributed by atoms with van der Waals surface area (Å²) in [5.41, 5.74) is 5.07. The zero-order valence-electron chi connectivity index (χ0n) is 9.88. The van der Waals surface area contributed by atoms with Crippen molar-refractivity contribution in [3.8, 4) is 0 Å². The van der Waals surface area contributed by atoms with Gasteiger partial charge in [0.15, 0.2) is 0 Å². The highest BCUT2D eigenvalue weighted by molar-refractivity contribution is 7.99. The van der Waals surface area contributed by atoms with Crippen LogP contribution in [0.5, 0.6) is 0 Å². The van der Waals surface area contributed by atoms with E-state index in [1.54, 1.807) is 0 Å². The largest absolute Gasteiger partial charge is 0.445 e. The minimum Gasteiger partial charge on any atom is -0.445 e. The number of halogens is 2. The molecule has 2 rings (SSSR count). The Labute approximate surface area is 112 Å². The Balaban J connectivity index is 2.28. The van der Waals surface area contributed by atoms with Crippen molar-refractivity contribution < 1.29 is 23.4 Å². The molecule has 1 aromatic carbocycles. The molecule has 1 aromatic rings. The molecule has 0 aromatic heterocycles. The third-order valence-electron chi connectivity index (χ3n) is 2.84. The second-order valence-corrected chi connectivity index (χ2v) is 5.46. The number of carbonyl (C=O) groups excluding carboxylic acids is 1. The summed E-state index contributed by atoms with van der Waals surface area (Å²) >= 11 is 1.21. The fourth-order valence-electron chi connectivity index (χ4n) is 2.06. The maximum atomic E-state index is 13.7. The number of nitrogens with two attached hydrogens (primary N) is 1. The molecule has 1 unspecified atom stereocenters. The van der Waals surface area contributed by atoms with E-state index in [9.17, 15) is 18.7 Å². The van der Waals surface area contributed by atoms with Crippen LogP contribution in [-0.2, 0) is 4.74 Å². The number of thioether (sulfide) groups is 1. The maximum Gasteiger partial charge on any atom is 0.404 e. The van der Waals surface area contributed by atoms with E-state index in [-0.39, 0.29) is 12.0 Å². The second-order valence-electron chi connectivity index (χ2n) is 4.28. The van der Waals surface area contributed by atoms with Gasteiger partial charge in [-0.1, -0.05) is 0 Å². The summed E-state index contributed by atoms with van der Waals surface area (Å²) in [6, 6.07) is 3.12. The molecule has 0 saturated carbocycles. The average Bonchev–Trinajstić information content (AvgIpc) is 2.32. The molecule has 0 radical (unpaired) electrons. The molecule has 0 spiro atoms. The summed E-state index contributed by atoms with van der Waals surface area (Å²) < 4.78 is 31.9. The quantitative estimate of drug-likeness (QED) is 0.873. The SMILES string of the molecule is NC(=O)O[C@H]1CC(O)CS[C@@H]1c1cc(F)ccc1F. The van der Waals surface area contributed by atoms with Gasteiger partial charge in [-0.05, 0) is 18.2 Å². The number of carbonyl (C=O) groups is 1. The Hall–Kier alpha value is -1.34. The zero-order valence-corrected chi connectivity index (χ0v) is 10.7. The van der Waals surface area contributed by atoms with Crippen LogP contribution in [0.2, 0.25) is 0 Å². The molecule has 1 saturated heterocycles. The molecule has 1 fully saturated rings. The van der Waals surface area contributed by atoms with E-state index in [0.29, 0.717) is 5.75 Å². The Morgan fingerprint density at radius 2 is 2.21 bits per heavy atom. The van der Waals surface area contributed by atoms with Gasteiger partial charge in [0.25, 0.3) is 0 Å². The van der Waals surface area contributed by atoms with Crippen LogP contribution in [0, 0.1) is 11.6 Å².